The molecule has 2 saturated heterocycles. The van der Waals surface area contributed by atoms with Crippen molar-refractivity contribution in [3.05, 3.63) is 63.7 Å². The minimum Gasteiger partial charge on any atom is -0.507 e. The molecule has 0 saturated carbocycles. The number of ether oxygens (including phenoxy) is 3. The van der Waals surface area contributed by atoms with Crippen LogP contribution in [-0.2, 0) is 14.3 Å². The molecular formula is C25H26ClNO6. The van der Waals surface area contributed by atoms with Crippen LogP contribution >= 0.6 is 11.6 Å². The second kappa shape index (κ2) is 9.45. The molecule has 0 aliphatic carbocycles. The number of aliphatic hydroxyl groups excluding tert-OH is 1. The summed E-state index contributed by atoms with van der Waals surface area (Å²) in [4.78, 5) is 27.9. The molecule has 8 heteroatoms. The van der Waals surface area contributed by atoms with E-state index in [1.807, 2.05) is 6.92 Å². The number of aryl methyl sites for hydroxylation is 1. The molecule has 0 spiro atoms. The molecule has 2 aliphatic heterocycles. The fourth-order valence-corrected chi connectivity index (χ4v) is 4.84. The number of Topliss-reactive ketones (excluding diaryl/α,β-unsaturated/α-hetero) is 1. The zero-order valence-electron chi connectivity index (χ0n) is 18.8. The van der Waals surface area contributed by atoms with E-state index in [9.17, 15) is 14.7 Å². The van der Waals surface area contributed by atoms with Gasteiger partial charge in [-0.05, 0) is 55.2 Å². The zero-order chi connectivity index (χ0) is 23.7. The number of halogens is 1. The van der Waals surface area contributed by atoms with Gasteiger partial charge in [0.2, 0.25) is 0 Å². The number of carbonyl (C=O) groups is 2. The maximum atomic E-state index is 13.3. The van der Waals surface area contributed by atoms with Gasteiger partial charge < -0.3 is 24.2 Å². The molecule has 174 valence electrons. The van der Waals surface area contributed by atoms with Crippen molar-refractivity contribution < 1.29 is 28.9 Å². The van der Waals surface area contributed by atoms with Gasteiger partial charge in [0, 0.05) is 13.2 Å². The van der Waals surface area contributed by atoms with E-state index < -0.39 is 17.7 Å². The Morgan fingerprint density at radius 3 is 2.67 bits per heavy atom. The van der Waals surface area contributed by atoms with E-state index >= 15 is 0 Å². The maximum Gasteiger partial charge on any atom is 0.295 e. The lowest BCUT2D eigenvalue weighted by Gasteiger charge is -2.27. The summed E-state index contributed by atoms with van der Waals surface area (Å²) in [5, 5.41) is 11.7. The molecule has 2 aromatic carbocycles. The molecule has 0 aromatic heterocycles. The van der Waals surface area contributed by atoms with Crippen LogP contribution < -0.4 is 9.47 Å². The topological polar surface area (TPSA) is 85.3 Å². The highest BCUT2D eigenvalue weighted by atomic mass is 35.5. The number of amides is 1. The monoisotopic (exact) mass is 471 g/mol. The van der Waals surface area contributed by atoms with Crippen LogP contribution in [-0.4, -0.2) is 55.2 Å². The van der Waals surface area contributed by atoms with Crippen molar-refractivity contribution >= 4 is 29.1 Å². The van der Waals surface area contributed by atoms with Crippen LogP contribution in [0.3, 0.4) is 0 Å². The molecule has 2 fully saturated rings. The van der Waals surface area contributed by atoms with Gasteiger partial charge in [-0.2, -0.15) is 0 Å². The average molecular weight is 472 g/mol. The molecule has 1 N–H and O–H groups in total. The molecule has 0 bridgehead atoms. The Labute approximate surface area is 197 Å². The summed E-state index contributed by atoms with van der Waals surface area (Å²) in [5.74, 6) is -0.977. The Kier molecular flexibility index (Phi) is 6.63. The van der Waals surface area contributed by atoms with E-state index in [0.29, 0.717) is 22.9 Å². The molecular weight excluding hydrogens is 446 g/mol. The lowest BCUT2D eigenvalue weighted by molar-refractivity contribution is -0.140. The van der Waals surface area contributed by atoms with Crippen LogP contribution in [0.5, 0.6) is 11.5 Å². The molecule has 1 amide bonds. The summed E-state index contributed by atoms with van der Waals surface area (Å²) in [6.07, 6.45) is 1.53. The zero-order valence-corrected chi connectivity index (χ0v) is 19.5. The molecule has 2 aromatic rings. The van der Waals surface area contributed by atoms with E-state index in [4.69, 9.17) is 25.8 Å². The van der Waals surface area contributed by atoms with Crippen LogP contribution in [0.4, 0.5) is 0 Å². The van der Waals surface area contributed by atoms with Crippen LogP contribution in [0, 0.1) is 6.92 Å². The summed E-state index contributed by atoms with van der Waals surface area (Å²) in [7, 11) is 2.98. The number of rotatable bonds is 6. The first-order valence-electron chi connectivity index (χ1n) is 10.7. The van der Waals surface area contributed by atoms with Crippen molar-refractivity contribution in [1.29, 1.82) is 0 Å². The van der Waals surface area contributed by atoms with Gasteiger partial charge in [0.05, 0.1) is 42.5 Å². The van der Waals surface area contributed by atoms with Crippen molar-refractivity contribution in [2.24, 2.45) is 0 Å². The third-order valence-electron chi connectivity index (χ3n) is 6.02. The Morgan fingerprint density at radius 2 is 2.00 bits per heavy atom. The summed E-state index contributed by atoms with van der Waals surface area (Å²) < 4.78 is 16.5. The summed E-state index contributed by atoms with van der Waals surface area (Å²) in [5.41, 5.74) is 1.65. The molecule has 0 radical (unpaired) electrons. The van der Waals surface area contributed by atoms with Gasteiger partial charge in [0.25, 0.3) is 11.7 Å². The Morgan fingerprint density at radius 1 is 1.21 bits per heavy atom. The molecule has 33 heavy (non-hydrogen) atoms. The second-order valence-corrected chi connectivity index (χ2v) is 8.60. The van der Waals surface area contributed by atoms with Gasteiger partial charge >= 0.3 is 0 Å². The highest BCUT2D eigenvalue weighted by molar-refractivity contribution is 6.46. The quantitative estimate of drug-likeness (QED) is 0.385. The second-order valence-electron chi connectivity index (χ2n) is 8.19. The predicted molar refractivity (Wildman–Crippen MR) is 124 cm³/mol. The van der Waals surface area contributed by atoms with Crippen molar-refractivity contribution in [3.63, 3.8) is 0 Å². The van der Waals surface area contributed by atoms with E-state index in [1.165, 1.54) is 12.0 Å². The van der Waals surface area contributed by atoms with Gasteiger partial charge in [-0.15, -0.1) is 0 Å². The van der Waals surface area contributed by atoms with Crippen LogP contribution in [0.25, 0.3) is 5.76 Å². The number of benzene rings is 2. The van der Waals surface area contributed by atoms with Gasteiger partial charge in [-0.1, -0.05) is 23.7 Å². The molecule has 2 heterocycles. The van der Waals surface area contributed by atoms with Gasteiger partial charge in [0.15, 0.2) is 0 Å². The number of hydrogen-bond acceptors (Lipinski definition) is 6. The smallest absolute Gasteiger partial charge is 0.295 e. The number of carbonyl (C=O) groups excluding carboxylic acids is 2. The van der Waals surface area contributed by atoms with E-state index in [-0.39, 0.29) is 35.3 Å². The molecule has 4 rings (SSSR count). The lowest BCUT2D eigenvalue weighted by Crippen LogP contribution is -2.36. The van der Waals surface area contributed by atoms with E-state index in [2.05, 4.69) is 0 Å². The van der Waals surface area contributed by atoms with Crippen molar-refractivity contribution in [2.75, 3.05) is 27.4 Å². The standard InChI is InChI=1S/C25H26ClNO6/c1-14-10-18(24(32-3)19(26)11-14)22(28)20-21(15-6-4-7-16(12-15)31-2)27(25(30)23(20)29)13-17-8-5-9-33-17/h4,6-7,10-12,17,21,28H,5,8-9,13H2,1-3H3/b22-20+. The first-order valence-corrected chi connectivity index (χ1v) is 11.1. The average Bonchev–Trinajstić information content (AvgIpc) is 3.40. The van der Waals surface area contributed by atoms with Gasteiger partial charge in [-0.25, -0.2) is 0 Å². The molecule has 2 aliphatic rings. The summed E-state index contributed by atoms with van der Waals surface area (Å²) in [6.45, 7) is 2.68. The number of likely N-dealkylation sites (tertiary alicyclic amines) is 1. The number of hydrogen-bond donors (Lipinski definition) is 1. The van der Waals surface area contributed by atoms with E-state index in [0.717, 1.165) is 18.4 Å². The van der Waals surface area contributed by atoms with Crippen LogP contribution in [0.1, 0.15) is 35.6 Å². The Bertz CT molecular complexity index is 1120. The third kappa shape index (κ3) is 4.30. The molecule has 2 atom stereocenters. The molecule has 7 nitrogen and oxygen atoms in total. The Balaban J connectivity index is 1.91. The predicted octanol–water partition coefficient (Wildman–Crippen LogP) is 4.27. The lowest BCUT2D eigenvalue weighted by atomic mass is 9.94. The summed E-state index contributed by atoms with van der Waals surface area (Å²) in [6, 6.07) is 9.68. The number of nitrogens with zero attached hydrogens (tertiary/aromatic N) is 1. The van der Waals surface area contributed by atoms with Crippen LogP contribution in [0.15, 0.2) is 42.0 Å². The molecule has 2 unspecified atom stereocenters. The third-order valence-corrected chi connectivity index (χ3v) is 6.30. The Hall–Kier alpha value is -3.03. The normalized spacial score (nSPS) is 22.1. The van der Waals surface area contributed by atoms with Crippen LogP contribution in [0.2, 0.25) is 5.02 Å². The van der Waals surface area contributed by atoms with Crippen molar-refractivity contribution in [1.82, 2.24) is 4.90 Å². The maximum absolute atomic E-state index is 13.3. The summed E-state index contributed by atoms with van der Waals surface area (Å²) >= 11 is 6.33. The fraction of sp³-hybridized carbons (Fsp3) is 0.360. The number of aliphatic hydroxyl groups is 1. The SMILES string of the molecule is COc1cccc(C2/C(=C(\O)c3cc(C)cc(Cl)c3OC)C(=O)C(=O)N2CC2CCCO2)c1. The highest BCUT2D eigenvalue weighted by Crippen LogP contribution is 2.43. The largest absolute Gasteiger partial charge is 0.507 e. The first-order chi connectivity index (χ1) is 15.8. The minimum absolute atomic E-state index is 0.0220. The number of methoxy groups -OCH3 is 2. The highest BCUT2D eigenvalue weighted by Gasteiger charge is 2.47. The number of ketones is 1. The fourth-order valence-electron chi connectivity index (χ4n) is 4.49. The minimum atomic E-state index is -0.812. The van der Waals surface area contributed by atoms with Crippen molar-refractivity contribution in [3.8, 4) is 11.5 Å². The van der Waals surface area contributed by atoms with Gasteiger partial charge in [0.1, 0.15) is 17.3 Å². The van der Waals surface area contributed by atoms with Gasteiger partial charge in [-0.3, -0.25) is 9.59 Å². The van der Waals surface area contributed by atoms with E-state index in [1.54, 1.807) is 43.5 Å². The van der Waals surface area contributed by atoms with Crippen molar-refractivity contribution in [2.45, 2.75) is 31.9 Å². The first kappa shape index (κ1) is 23.1.